The Morgan fingerprint density at radius 3 is 2.12 bits per heavy atom. The molecule has 2 heteroatoms. The fourth-order valence-electron chi connectivity index (χ4n) is 0.476. The predicted octanol–water partition coefficient (Wildman–Crippen LogP) is 0.362. The van der Waals surface area contributed by atoms with Gasteiger partial charge in [0.2, 0.25) is 0 Å². The van der Waals surface area contributed by atoms with E-state index in [1.807, 2.05) is 30.3 Å². The first kappa shape index (κ1) is 5.94. The Morgan fingerprint density at radius 1 is 1.12 bits per heavy atom. The van der Waals surface area contributed by atoms with Crippen molar-refractivity contribution >= 4 is 24.5 Å². The molecule has 0 atom stereocenters. The zero-order valence-corrected chi connectivity index (χ0v) is 6.53. The van der Waals surface area contributed by atoms with E-state index < -0.39 is 20.9 Å². The molecule has 0 aliphatic rings. The molecule has 0 spiro atoms. The molecule has 0 amide bonds. The van der Waals surface area contributed by atoms with Crippen LogP contribution in [0.2, 0.25) is 0 Å². The van der Waals surface area contributed by atoms with Crippen molar-refractivity contribution in [2.75, 3.05) is 0 Å². The van der Waals surface area contributed by atoms with Crippen molar-refractivity contribution in [2.24, 2.45) is 0 Å². The van der Waals surface area contributed by atoms with Gasteiger partial charge in [0.05, 0.1) is 0 Å². The van der Waals surface area contributed by atoms with Crippen molar-refractivity contribution in [1.82, 2.24) is 0 Å². The van der Waals surface area contributed by atoms with E-state index in [4.69, 9.17) is 0 Å². The minimum atomic E-state index is -1.09. The van der Waals surface area contributed by atoms with Gasteiger partial charge in [-0.3, -0.25) is 0 Å². The number of rotatable bonds is 1. The molecule has 8 heavy (non-hydrogen) atoms. The van der Waals surface area contributed by atoms with E-state index in [2.05, 4.69) is 0 Å². The molecule has 0 fully saturated rings. The average Bonchev–Trinajstić information content (AvgIpc) is 1.90. The fraction of sp³-hybridized carbons (Fsp3) is 0. The summed E-state index contributed by atoms with van der Waals surface area (Å²) in [5.41, 5.74) is 0. The molecule has 1 radical (unpaired) electrons. The monoisotopic (exact) mass is 223 g/mol. The van der Waals surface area contributed by atoms with Gasteiger partial charge in [-0.25, -0.2) is 0 Å². The molecule has 1 aromatic carbocycles. The second-order valence-electron chi connectivity index (χ2n) is 1.40. The summed E-state index contributed by atoms with van der Waals surface area (Å²) >= 11 is -1.09. The minimum absolute atomic E-state index is 0.984. The SMILES string of the molecule is O=[Te]c1ccccc1. The van der Waals surface area contributed by atoms with Gasteiger partial charge in [-0.2, -0.15) is 0 Å². The van der Waals surface area contributed by atoms with Crippen LogP contribution in [-0.2, 0) is 3.10 Å². The Balaban J connectivity index is 2.99. The maximum absolute atomic E-state index is 10.3. The van der Waals surface area contributed by atoms with E-state index >= 15 is 0 Å². The predicted molar refractivity (Wildman–Crippen MR) is 32.5 cm³/mol. The second-order valence-corrected chi connectivity index (χ2v) is 3.22. The van der Waals surface area contributed by atoms with Gasteiger partial charge in [0.1, 0.15) is 0 Å². The quantitative estimate of drug-likeness (QED) is 0.625. The van der Waals surface area contributed by atoms with Crippen LogP contribution in [0, 0.1) is 0 Å². The van der Waals surface area contributed by atoms with Crippen LogP contribution in [0.5, 0.6) is 0 Å². The molecular formula is C6H5OTe. The zero-order valence-electron chi connectivity index (χ0n) is 4.20. The van der Waals surface area contributed by atoms with Crippen molar-refractivity contribution in [3.8, 4) is 0 Å². The topological polar surface area (TPSA) is 17.1 Å². The molecule has 41 valence electrons. The van der Waals surface area contributed by atoms with E-state index in [1.54, 1.807) is 0 Å². The zero-order chi connectivity index (χ0) is 5.82. The number of hydrogen-bond acceptors (Lipinski definition) is 1. The van der Waals surface area contributed by atoms with Gasteiger partial charge in [-0.05, 0) is 0 Å². The van der Waals surface area contributed by atoms with Gasteiger partial charge in [0, 0.05) is 0 Å². The first-order valence-corrected chi connectivity index (χ1v) is 4.40. The average molecular weight is 221 g/mol. The summed E-state index contributed by atoms with van der Waals surface area (Å²) in [7, 11) is 0. The van der Waals surface area contributed by atoms with E-state index in [0.717, 1.165) is 3.61 Å². The summed E-state index contributed by atoms with van der Waals surface area (Å²) in [6, 6.07) is 9.49. The third-order valence-electron chi connectivity index (χ3n) is 0.839. The third kappa shape index (κ3) is 1.40. The molecule has 0 unspecified atom stereocenters. The standard InChI is InChI=1S/C6H5OTe/c7-8-6-4-2-1-3-5-6/h1-5H. The van der Waals surface area contributed by atoms with Crippen LogP contribution in [0.1, 0.15) is 0 Å². The summed E-state index contributed by atoms with van der Waals surface area (Å²) in [4.78, 5) is 0. The Kier molecular flexibility index (Phi) is 2.20. The summed E-state index contributed by atoms with van der Waals surface area (Å²) < 4.78 is 11.2. The van der Waals surface area contributed by atoms with Gasteiger partial charge in [0.25, 0.3) is 0 Å². The molecule has 1 nitrogen and oxygen atoms in total. The molecule has 0 aliphatic carbocycles. The summed E-state index contributed by atoms with van der Waals surface area (Å²) in [6.07, 6.45) is 0. The van der Waals surface area contributed by atoms with Gasteiger partial charge >= 0.3 is 58.0 Å². The Labute approximate surface area is 58.2 Å². The molecule has 0 aromatic heterocycles. The van der Waals surface area contributed by atoms with E-state index in [0.29, 0.717) is 0 Å². The summed E-state index contributed by atoms with van der Waals surface area (Å²) in [5.74, 6) is 0. The Bertz CT molecular complexity index is 171. The molecule has 1 rings (SSSR count). The van der Waals surface area contributed by atoms with Gasteiger partial charge in [-0.15, -0.1) is 0 Å². The van der Waals surface area contributed by atoms with Gasteiger partial charge in [0.15, 0.2) is 0 Å². The first-order chi connectivity index (χ1) is 3.93. The van der Waals surface area contributed by atoms with Crippen molar-refractivity contribution in [3.63, 3.8) is 0 Å². The van der Waals surface area contributed by atoms with Crippen LogP contribution in [-0.4, -0.2) is 20.9 Å². The van der Waals surface area contributed by atoms with Crippen LogP contribution >= 0.6 is 0 Å². The summed E-state index contributed by atoms with van der Waals surface area (Å²) in [5, 5.41) is 0. The molecule has 0 N–H and O–H groups in total. The Morgan fingerprint density at radius 2 is 1.75 bits per heavy atom. The van der Waals surface area contributed by atoms with Crippen molar-refractivity contribution in [2.45, 2.75) is 0 Å². The Hall–Kier alpha value is -0.190. The fourth-order valence-corrected chi connectivity index (χ4v) is 1.24. The molecule has 0 heterocycles. The third-order valence-corrected chi connectivity index (χ3v) is 2.17. The number of hydrogen-bond donors (Lipinski definition) is 0. The van der Waals surface area contributed by atoms with Crippen molar-refractivity contribution in [3.05, 3.63) is 30.3 Å². The normalized spacial score (nSPS) is 8.50. The first-order valence-electron chi connectivity index (χ1n) is 2.28. The van der Waals surface area contributed by atoms with Gasteiger partial charge < -0.3 is 0 Å². The van der Waals surface area contributed by atoms with E-state index in [-0.39, 0.29) is 0 Å². The molecule has 0 bridgehead atoms. The number of benzene rings is 1. The van der Waals surface area contributed by atoms with Crippen LogP contribution in [0.4, 0.5) is 0 Å². The summed E-state index contributed by atoms with van der Waals surface area (Å²) in [6.45, 7) is 0. The van der Waals surface area contributed by atoms with E-state index in [1.165, 1.54) is 0 Å². The molecule has 0 aliphatic heterocycles. The van der Waals surface area contributed by atoms with Crippen molar-refractivity contribution < 1.29 is 3.10 Å². The maximum atomic E-state index is 10.3. The second kappa shape index (κ2) is 2.96. The molecular weight excluding hydrogens is 216 g/mol. The van der Waals surface area contributed by atoms with Crippen LogP contribution in [0.3, 0.4) is 0 Å². The van der Waals surface area contributed by atoms with Crippen molar-refractivity contribution in [1.29, 1.82) is 0 Å². The molecule has 0 saturated heterocycles. The van der Waals surface area contributed by atoms with Crippen LogP contribution < -0.4 is 3.61 Å². The van der Waals surface area contributed by atoms with E-state index in [9.17, 15) is 3.10 Å². The van der Waals surface area contributed by atoms with Crippen LogP contribution in [0.15, 0.2) is 30.3 Å². The van der Waals surface area contributed by atoms with Crippen LogP contribution in [0.25, 0.3) is 0 Å². The molecule has 1 aromatic rings. The molecule has 0 saturated carbocycles. The van der Waals surface area contributed by atoms with Gasteiger partial charge in [-0.1, -0.05) is 0 Å².